The van der Waals surface area contributed by atoms with Gasteiger partial charge in [0, 0.05) is 13.0 Å². The Morgan fingerprint density at radius 3 is 2.62 bits per heavy atom. The monoisotopic (exact) mass is 225 g/mol. The molecule has 0 aromatic rings. The van der Waals surface area contributed by atoms with Crippen molar-refractivity contribution in [1.82, 2.24) is 5.06 Å². The van der Waals surface area contributed by atoms with Crippen LogP contribution in [0.15, 0.2) is 0 Å². The van der Waals surface area contributed by atoms with Crippen LogP contribution in [0, 0.1) is 5.92 Å². The van der Waals surface area contributed by atoms with Gasteiger partial charge in [0.2, 0.25) is 5.91 Å². The summed E-state index contributed by atoms with van der Waals surface area (Å²) in [6.45, 7) is 1.51. The van der Waals surface area contributed by atoms with Crippen molar-refractivity contribution in [3.8, 4) is 0 Å². The van der Waals surface area contributed by atoms with Crippen LogP contribution < -0.4 is 0 Å². The summed E-state index contributed by atoms with van der Waals surface area (Å²) in [5.74, 6) is 0.993. The fraction of sp³-hybridized carbons (Fsp3) is 0.923. The van der Waals surface area contributed by atoms with E-state index in [4.69, 9.17) is 4.84 Å². The first kappa shape index (κ1) is 11.9. The molecule has 3 nitrogen and oxygen atoms in total. The van der Waals surface area contributed by atoms with Gasteiger partial charge in [0.05, 0.1) is 6.61 Å². The topological polar surface area (TPSA) is 29.5 Å². The van der Waals surface area contributed by atoms with Crippen LogP contribution in [0.3, 0.4) is 0 Å². The van der Waals surface area contributed by atoms with E-state index in [9.17, 15) is 4.79 Å². The van der Waals surface area contributed by atoms with Crippen molar-refractivity contribution in [1.29, 1.82) is 0 Å². The SMILES string of the molecule is O=C(CCC1CCCCC1)N1CCCCO1. The van der Waals surface area contributed by atoms with E-state index < -0.39 is 0 Å². The molecule has 0 unspecified atom stereocenters. The average molecular weight is 225 g/mol. The molecule has 0 aromatic carbocycles. The zero-order valence-corrected chi connectivity index (χ0v) is 10.1. The predicted molar refractivity (Wildman–Crippen MR) is 62.7 cm³/mol. The summed E-state index contributed by atoms with van der Waals surface area (Å²) in [7, 11) is 0. The zero-order valence-electron chi connectivity index (χ0n) is 10.1. The molecular formula is C13H23NO2. The van der Waals surface area contributed by atoms with Gasteiger partial charge in [0.15, 0.2) is 0 Å². The smallest absolute Gasteiger partial charge is 0.246 e. The molecule has 0 spiro atoms. The van der Waals surface area contributed by atoms with Gasteiger partial charge in [-0.1, -0.05) is 32.1 Å². The Morgan fingerprint density at radius 1 is 1.12 bits per heavy atom. The summed E-state index contributed by atoms with van der Waals surface area (Å²) in [5.41, 5.74) is 0. The van der Waals surface area contributed by atoms with Crippen molar-refractivity contribution >= 4 is 5.91 Å². The maximum atomic E-state index is 11.8. The van der Waals surface area contributed by atoms with Gasteiger partial charge in [0.25, 0.3) is 0 Å². The lowest BCUT2D eigenvalue weighted by atomic mass is 9.86. The molecule has 0 radical (unpaired) electrons. The van der Waals surface area contributed by atoms with Crippen LogP contribution in [-0.4, -0.2) is 24.1 Å². The van der Waals surface area contributed by atoms with E-state index in [1.807, 2.05) is 0 Å². The lowest BCUT2D eigenvalue weighted by Crippen LogP contribution is -2.35. The number of nitrogens with zero attached hydrogens (tertiary/aromatic N) is 1. The van der Waals surface area contributed by atoms with E-state index in [2.05, 4.69) is 0 Å². The number of rotatable bonds is 3. The molecule has 0 N–H and O–H groups in total. The second kappa shape index (κ2) is 6.24. The van der Waals surface area contributed by atoms with Crippen molar-refractivity contribution in [3.63, 3.8) is 0 Å². The molecule has 0 bridgehead atoms. The molecule has 1 saturated heterocycles. The van der Waals surface area contributed by atoms with Crippen molar-refractivity contribution < 1.29 is 9.63 Å². The van der Waals surface area contributed by atoms with Gasteiger partial charge in [-0.05, 0) is 25.2 Å². The van der Waals surface area contributed by atoms with E-state index in [0.717, 1.165) is 38.3 Å². The molecule has 1 aliphatic carbocycles. The number of hydrogen-bond acceptors (Lipinski definition) is 2. The molecule has 92 valence electrons. The summed E-state index contributed by atoms with van der Waals surface area (Å²) >= 11 is 0. The van der Waals surface area contributed by atoms with Gasteiger partial charge in [-0.3, -0.25) is 9.63 Å². The molecular weight excluding hydrogens is 202 g/mol. The lowest BCUT2D eigenvalue weighted by molar-refractivity contribution is -0.197. The van der Waals surface area contributed by atoms with E-state index in [1.165, 1.54) is 32.1 Å². The van der Waals surface area contributed by atoms with Gasteiger partial charge in [0.1, 0.15) is 0 Å². The van der Waals surface area contributed by atoms with Crippen LogP contribution in [0.1, 0.15) is 57.8 Å². The Bertz CT molecular complexity index is 218. The Balaban J connectivity index is 1.65. The minimum Gasteiger partial charge on any atom is -0.273 e. The highest BCUT2D eigenvalue weighted by molar-refractivity contribution is 5.75. The summed E-state index contributed by atoms with van der Waals surface area (Å²) in [5, 5.41) is 1.59. The summed E-state index contributed by atoms with van der Waals surface area (Å²) in [6.07, 6.45) is 10.7. The van der Waals surface area contributed by atoms with Crippen molar-refractivity contribution in [2.45, 2.75) is 57.8 Å². The van der Waals surface area contributed by atoms with Gasteiger partial charge < -0.3 is 0 Å². The van der Waals surface area contributed by atoms with E-state index in [-0.39, 0.29) is 5.91 Å². The number of hydroxylamine groups is 2. The highest BCUT2D eigenvalue weighted by atomic mass is 16.7. The number of carbonyl (C=O) groups excluding carboxylic acids is 1. The highest BCUT2D eigenvalue weighted by Crippen LogP contribution is 2.27. The first-order valence-corrected chi connectivity index (χ1v) is 6.79. The third-order valence-corrected chi connectivity index (χ3v) is 3.77. The van der Waals surface area contributed by atoms with Crippen LogP contribution in [0.5, 0.6) is 0 Å². The number of hydrogen-bond donors (Lipinski definition) is 0. The van der Waals surface area contributed by atoms with Gasteiger partial charge in [-0.25, -0.2) is 5.06 Å². The van der Waals surface area contributed by atoms with Crippen LogP contribution in [0.25, 0.3) is 0 Å². The van der Waals surface area contributed by atoms with E-state index >= 15 is 0 Å². The Labute approximate surface area is 98.1 Å². The molecule has 16 heavy (non-hydrogen) atoms. The molecule has 1 amide bonds. The highest BCUT2D eigenvalue weighted by Gasteiger charge is 2.20. The second-order valence-corrected chi connectivity index (χ2v) is 5.08. The zero-order chi connectivity index (χ0) is 11.2. The van der Waals surface area contributed by atoms with Crippen LogP contribution in [0.4, 0.5) is 0 Å². The molecule has 0 aromatic heterocycles. The van der Waals surface area contributed by atoms with Gasteiger partial charge >= 0.3 is 0 Å². The quantitative estimate of drug-likeness (QED) is 0.739. The van der Waals surface area contributed by atoms with E-state index in [0.29, 0.717) is 6.42 Å². The van der Waals surface area contributed by atoms with Crippen molar-refractivity contribution in [2.24, 2.45) is 5.92 Å². The molecule has 2 rings (SSSR count). The first-order valence-electron chi connectivity index (χ1n) is 6.79. The first-order chi connectivity index (χ1) is 7.86. The largest absolute Gasteiger partial charge is 0.273 e. The second-order valence-electron chi connectivity index (χ2n) is 5.08. The molecule has 0 atom stereocenters. The molecule has 1 aliphatic heterocycles. The van der Waals surface area contributed by atoms with Gasteiger partial charge in [-0.2, -0.15) is 0 Å². The molecule has 2 fully saturated rings. The molecule has 2 aliphatic rings. The van der Waals surface area contributed by atoms with E-state index in [1.54, 1.807) is 5.06 Å². The summed E-state index contributed by atoms with van der Waals surface area (Å²) < 4.78 is 0. The normalized spacial score (nSPS) is 23.4. The Morgan fingerprint density at radius 2 is 1.94 bits per heavy atom. The fourth-order valence-electron chi connectivity index (χ4n) is 2.72. The predicted octanol–water partition coefficient (Wildman–Crippen LogP) is 2.90. The maximum Gasteiger partial charge on any atom is 0.246 e. The summed E-state index contributed by atoms with van der Waals surface area (Å²) in [6, 6.07) is 0. The fourth-order valence-corrected chi connectivity index (χ4v) is 2.72. The van der Waals surface area contributed by atoms with Crippen molar-refractivity contribution in [2.75, 3.05) is 13.2 Å². The number of carbonyl (C=O) groups is 1. The minimum atomic E-state index is 0.199. The standard InChI is InChI=1S/C13H23NO2/c15-13(14-10-4-5-11-16-14)9-8-12-6-2-1-3-7-12/h12H,1-11H2. The molecule has 3 heteroatoms. The molecule has 1 heterocycles. The van der Waals surface area contributed by atoms with Crippen molar-refractivity contribution in [3.05, 3.63) is 0 Å². The third-order valence-electron chi connectivity index (χ3n) is 3.77. The average Bonchev–Trinajstić information content (AvgIpc) is 2.38. The van der Waals surface area contributed by atoms with Gasteiger partial charge in [-0.15, -0.1) is 0 Å². The van der Waals surface area contributed by atoms with Crippen LogP contribution >= 0.6 is 0 Å². The minimum absolute atomic E-state index is 0.199. The maximum absolute atomic E-state index is 11.8. The van der Waals surface area contributed by atoms with Crippen LogP contribution in [-0.2, 0) is 9.63 Å². The Hall–Kier alpha value is -0.570. The lowest BCUT2D eigenvalue weighted by Gasteiger charge is -2.27. The Kier molecular flexibility index (Phi) is 4.64. The third kappa shape index (κ3) is 3.48. The van der Waals surface area contributed by atoms with Crippen LogP contribution in [0.2, 0.25) is 0 Å². The number of amides is 1. The summed E-state index contributed by atoms with van der Waals surface area (Å²) in [4.78, 5) is 17.2. The molecule has 1 saturated carbocycles.